The molecule has 0 aromatic carbocycles. The lowest BCUT2D eigenvalue weighted by molar-refractivity contribution is -0.167. The molecule has 0 fully saturated rings. The third kappa shape index (κ3) is 54.9. The zero-order chi connectivity index (χ0) is 50.0. The molecule has 1 atom stereocenters. The molecule has 0 radical (unpaired) electrons. The third-order valence-corrected chi connectivity index (χ3v) is 11.9. The Morgan fingerprint density at radius 2 is 0.623 bits per heavy atom. The van der Waals surface area contributed by atoms with Crippen molar-refractivity contribution in [3.05, 3.63) is 109 Å². The summed E-state index contributed by atoms with van der Waals surface area (Å²) < 4.78 is 16.8. The molecule has 69 heavy (non-hydrogen) atoms. The summed E-state index contributed by atoms with van der Waals surface area (Å²) in [6.45, 7) is 6.40. The number of hydrogen-bond acceptors (Lipinski definition) is 6. The van der Waals surface area contributed by atoms with Crippen molar-refractivity contribution in [3.8, 4) is 0 Å². The molecule has 0 aliphatic carbocycles. The van der Waals surface area contributed by atoms with Gasteiger partial charge in [-0.25, -0.2) is 0 Å². The van der Waals surface area contributed by atoms with Crippen LogP contribution in [0.15, 0.2) is 109 Å². The van der Waals surface area contributed by atoms with E-state index < -0.39 is 6.10 Å². The summed E-state index contributed by atoms with van der Waals surface area (Å²) in [5.74, 6) is -0.952. The minimum absolute atomic E-state index is 0.0984. The second-order valence-electron chi connectivity index (χ2n) is 18.6. The van der Waals surface area contributed by atoms with Crippen LogP contribution < -0.4 is 0 Å². The Balaban J connectivity index is 4.46. The van der Waals surface area contributed by atoms with Crippen molar-refractivity contribution in [2.24, 2.45) is 0 Å². The van der Waals surface area contributed by atoms with Crippen molar-refractivity contribution in [2.75, 3.05) is 13.2 Å². The van der Waals surface area contributed by atoms with Gasteiger partial charge in [0.05, 0.1) is 0 Å². The predicted octanol–water partition coefficient (Wildman–Crippen LogP) is 19.1. The van der Waals surface area contributed by atoms with E-state index in [9.17, 15) is 14.4 Å². The third-order valence-electron chi connectivity index (χ3n) is 11.9. The van der Waals surface area contributed by atoms with Crippen molar-refractivity contribution in [1.29, 1.82) is 0 Å². The molecule has 0 rings (SSSR count). The van der Waals surface area contributed by atoms with Crippen LogP contribution in [0.5, 0.6) is 0 Å². The Labute approximate surface area is 425 Å². The summed E-state index contributed by atoms with van der Waals surface area (Å²) >= 11 is 0. The van der Waals surface area contributed by atoms with Crippen LogP contribution in [0.4, 0.5) is 0 Å². The monoisotopic (exact) mass is 957 g/mol. The zero-order valence-electron chi connectivity index (χ0n) is 44.8. The van der Waals surface area contributed by atoms with Gasteiger partial charge in [-0.2, -0.15) is 0 Å². The minimum Gasteiger partial charge on any atom is -0.462 e. The maximum atomic E-state index is 12.9. The summed E-state index contributed by atoms with van der Waals surface area (Å²) in [4.78, 5) is 38.2. The van der Waals surface area contributed by atoms with Crippen LogP contribution in [0, 0.1) is 0 Å². The highest BCUT2D eigenvalue weighted by Crippen LogP contribution is 2.15. The molecule has 6 heteroatoms. The fourth-order valence-corrected chi connectivity index (χ4v) is 7.60. The van der Waals surface area contributed by atoms with Crippen LogP contribution >= 0.6 is 0 Å². The molecular weight excluding hydrogens is 853 g/mol. The molecule has 392 valence electrons. The van der Waals surface area contributed by atoms with Crippen LogP contribution in [0.25, 0.3) is 0 Å². The topological polar surface area (TPSA) is 78.9 Å². The van der Waals surface area contributed by atoms with Gasteiger partial charge in [-0.1, -0.05) is 246 Å². The van der Waals surface area contributed by atoms with E-state index in [4.69, 9.17) is 14.2 Å². The number of carbonyl (C=O) groups is 3. The average Bonchev–Trinajstić information content (AvgIpc) is 3.35. The Bertz CT molecular complexity index is 1420. The Hall–Kier alpha value is -3.93. The molecule has 0 N–H and O–H groups in total. The molecule has 0 saturated heterocycles. The Morgan fingerprint density at radius 1 is 0.319 bits per heavy atom. The molecule has 0 bridgehead atoms. The van der Waals surface area contributed by atoms with E-state index in [1.807, 2.05) is 48.6 Å². The summed E-state index contributed by atoms with van der Waals surface area (Å²) in [5, 5.41) is 0. The van der Waals surface area contributed by atoms with Crippen molar-refractivity contribution < 1.29 is 28.6 Å². The highest BCUT2D eigenvalue weighted by atomic mass is 16.6. The minimum atomic E-state index is -0.804. The molecule has 0 heterocycles. The lowest BCUT2D eigenvalue weighted by Crippen LogP contribution is -2.30. The molecule has 6 nitrogen and oxygen atoms in total. The first kappa shape index (κ1) is 65.1. The normalized spacial score (nSPS) is 12.9. The second-order valence-corrected chi connectivity index (χ2v) is 18.6. The smallest absolute Gasteiger partial charge is 0.306 e. The van der Waals surface area contributed by atoms with Crippen LogP contribution in [0.1, 0.15) is 252 Å². The fraction of sp³-hybridized carbons (Fsp3) is 0.667. The van der Waals surface area contributed by atoms with Gasteiger partial charge in [0, 0.05) is 19.3 Å². The van der Waals surface area contributed by atoms with E-state index in [0.29, 0.717) is 19.3 Å². The highest BCUT2D eigenvalue weighted by Gasteiger charge is 2.19. The Morgan fingerprint density at radius 3 is 1.03 bits per heavy atom. The first-order chi connectivity index (χ1) is 34.0. The first-order valence-corrected chi connectivity index (χ1v) is 28.5. The lowest BCUT2D eigenvalue weighted by Gasteiger charge is -2.18. The van der Waals surface area contributed by atoms with Crippen LogP contribution in [0.2, 0.25) is 0 Å². The van der Waals surface area contributed by atoms with Crippen molar-refractivity contribution in [2.45, 2.75) is 258 Å². The number of esters is 3. The van der Waals surface area contributed by atoms with Gasteiger partial charge in [-0.3, -0.25) is 14.4 Å². The molecule has 0 saturated carbocycles. The van der Waals surface area contributed by atoms with Gasteiger partial charge in [0.2, 0.25) is 0 Å². The first-order valence-electron chi connectivity index (χ1n) is 28.5. The number of hydrogen-bond donors (Lipinski definition) is 0. The predicted molar refractivity (Wildman–Crippen MR) is 297 cm³/mol. The molecule has 0 amide bonds. The van der Waals surface area contributed by atoms with Crippen molar-refractivity contribution in [3.63, 3.8) is 0 Å². The molecule has 0 aromatic heterocycles. The van der Waals surface area contributed by atoms with E-state index >= 15 is 0 Å². The van der Waals surface area contributed by atoms with Gasteiger partial charge in [0.15, 0.2) is 6.10 Å². The van der Waals surface area contributed by atoms with E-state index in [0.717, 1.165) is 83.5 Å². The molecule has 0 spiro atoms. The average molecular weight is 958 g/mol. The second kappa shape index (κ2) is 56.7. The van der Waals surface area contributed by atoms with Gasteiger partial charge in [-0.15, -0.1) is 0 Å². The number of rotatable bonds is 50. The zero-order valence-corrected chi connectivity index (χ0v) is 44.8. The van der Waals surface area contributed by atoms with Gasteiger partial charge < -0.3 is 14.2 Å². The van der Waals surface area contributed by atoms with Gasteiger partial charge in [0.25, 0.3) is 0 Å². The SMILES string of the molecule is CC\C=C/C=C\C=C/C=C\C=C/CCCCCC(=O)OCC(COC(=O)CCCCCCCCCCCC/C=C\C=C/CCCCC)OC(=O)CCCCCCCCC/C=C\C/C=C\CCCCC. The Kier molecular flexibility index (Phi) is 53.4. The summed E-state index contributed by atoms with van der Waals surface area (Å²) in [7, 11) is 0. The van der Waals surface area contributed by atoms with Gasteiger partial charge in [0.1, 0.15) is 13.2 Å². The number of carbonyl (C=O) groups excluding carboxylic acids is 3. The van der Waals surface area contributed by atoms with Gasteiger partial charge in [-0.05, 0) is 96.3 Å². The maximum absolute atomic E-state index is 12.9. The number of allylic oxidation sites excluding steroid dienone is 18. The van der Waals surface area contributed by atoms with E-state index in [1.165, 1.54) is 128 Å². The summed E-state index contributed by atoms with van der Waals surface area (Å²) in [6.07, 6.45) is 76.4. The standard InChI is InChI=1S/C63H104O6/c1-4-7-10-13-16-19-22-25-28-30-31-33-35-38-41-44-47-50-53-56-62(65)68-59-60(58-67-61(64)55-52-49-46-43-40-37-34-27-24-21-18-15-12-9-6-3)69-63(66)57-54-51-48-45-42-39-36-32-29-26-23-20-17-14-11-8-5-2/h9,12,15-22,24-27,29,34,37,40,60H,4-8,10-11,13-14,23,28,30-33,35-36,38-39,41-59H2,1-3H3/b12-9-,18-15-,19-16-,20-17-,24-21-,25-22-,29-26-,34-27-,40-37-. The number of unbranched alkanes of at least 4 members (excludes halogenated alkanes) is 26. The molecular formula is C63H104O6. The molecule has 0 aromatic rings. The van der Waals surface area contributed by atoms with Crippen LogP contribution in [-0.4, -0.2) is 37.2 Å². The van der Waals surface area contributed by atoms with E-state index in [1.54, 1.807) is 0 Å². The molecule has 0 aliphatic rings. The van der Waals surface area contributed by atoms with Crippen molar-refractivity contribution >= 4 is 17.9 Å². The summed E-state index contributed by atoms with van der Waals surface area (Å²) in [6, 6.07) is 0. The van der Waals surface area contributed by atoms with Gasteiger partial charge >= 0.3 is 17.9 Å². The fourth-order valence-electron chi connectivity index (χ4n) is 7.60. The van der Waals surface area contributed by atoms with E-state index in [2.05, 4.69) is 81.5 Å². The lowest BCUT2D eigenvalue weighted by atomic mass is 10.1. The summed E-state index contributed by atoms with van der Waals surface area (Å²) in [5.41, 5.74) is 0. The molecule has 0 aliphatic heterocycles. The van der Waals surface area contributed by atoms with Crippen LogP contribution in [0.3, 0.4) is 0 Å². The largest absolute Gasteiger partial charge is 0.462 e. The quantitative estimate of drug-likeness (QED) is 0.0199. The molecule has 1 unspecified atom stereocenters. The number of ether oxygens (including phenoxy) is 3. The highest BCUT2D eigenvalue weighted by molar-refractivity contribution is 5.71. The maximum Gasteiger partial charge on any atom is 0.306 e. The van der Waals surface area contributed by atoms with E-state index in [-0.39, 0.29) is 31.1 Å². The van der Waals surface area contributed by atoms with Crippen molar-refractivity contribution in [1.82, 2.24) is 0 Å². The van der Waals surface area contributed by atoms with Crippen LogP contribution in [-0.2, 0) is 28.6 Å².